The van der Waals surface area contributed by atoms with E-state index in [9.17, 15) is 4.79 Å². The lowest BCUT2D eigenvalue weighted by Crippen LogP contribution is -2.30. The van der Waals surface area contributed by atoms with Gasteiger partial charge < -0.3 is 10.0 Å². The van der Waals surface area contributed by atoms with Gasteiger partial charge in [-0.1, -0.05) is 29.8 Å². The maximum Gasteiger partial charge on any atom is 0.226 e. The molecule has 90 valence electrons. The fraction of sp³-hybridized carbons (Fsp3) is 0.500. The van der Waals surface area contributed by atoms with Gasteiger partial charge in [-0.25, -0.2) is 0 Å². The normalized spacial score (nSPS) is 30.6. The van der Waals surface area contributed by atoms with Gasteiger partial charge in [0.25, 0.3) is 0 Å². The molecule has 1 aromatic carbocycles. The zero-order valence-corrected chi connectivity index (χ0v) is 9.97. The molecular weight excluding hydrogens is 214 g/mol. The maximum absolute atomic E-state index is 12.0. The molecule has 0 aromatic heterocycles. The Hall–Kier alpha value is -1.35. The van der Waals surface area contributed by atoms with E-state index in [1.807, 2.05) is 11.0 Å². The highest BCUT2D eigenvalue weighted by molar-refractivity contribution is 5.85. The molecule has 1 saturated heterocycles. The largest absolute Gasteiger partial charge is 0.396 e. The van der Waals surface area contributed by atoms with Crippen molar-refractivity contribution < 1.29 is 9.90 Å². The number of nitrogens with zero attached hydrogens (tertiary/aromatic N) is 1. The third kappa shape index (κ3) is 1.75. The molecule has 1 N–H and O–H groups in total. The average Bonchev–Trinajstić information content (AvgIpc) is 2.91. The summed E-state index contributed by atoms with van der Waals surface area (Å²) in [7, 11) is 0. The average molecular weight is 231 g/mol. The first-order valence-corrected chi connectivity index (χ1v) is 6.16. The van der Waals surface area contributed by atoms with Crippen LogP contribution in [0.5, 0.6) is 0 Å². The topological polar surface area (TPSA) is 40.5 Å². The molecule has 1 aliphatic carbocycles. The Morgan fingerprint density at radius 3 is 2.88 bits per heavy atom. The molecule has 0 bridgehead atoms. The molecule has 3 heteroatoms. The zero-order chi connectivity index (χ0) is 12.0. The predicted octanol–water partition coefficient (Wildman–Crippen LogP) is 1.19. The fourth-order valence-corrected chi connectivity index (χ4v) is 3.04. The number of hydrogen-bond acceptors (Lipinski definition) is 2. The first-order valence-electron chi connectivity index (χ1n) is 6.16. The maximum atomic E-state index is 12.0. The summed E-state index contributed by atoms with van der Waals surface area (Å²) in [4.78, 5) is 13.9. The second-order valence-electron chi connectivity index (χ2n) is 5.24. The van der Waals surface area contributed by atoms with Gasteiger partial charge in [0, 0.05) is 25.6 Å². The number of piperidine rings is 1. The molecule has 1 aliphatic heterocycles. The summed E-state index contributed by atoms with van der Waals surface area (Å²) < 4.78 is 0. The third-order valence-electron chi connectivity index (χ3n) is 4.03. The first-order chi connectivity index (χ1) is 8.20. The number of likely N-dealkylation sites (tertiary alicyclic amines) is 1. The summed E-state index contributed by atoms with van der Waals surface area (Å²) in [5, 5.41) is 9.07. The molecule has 1 heterocycles. The van der Waals surface area contributed by atoms with Crippen LogP contribution in [0.15, 0.2) is 24.3 Å². The van der Waals surface area contributed by atoms with E-state index in [-0.39, 0.29) is 24.3 Å². The number of fused-ring (bicyclic) bond motifs is 1. The monoisotopic (exact) mass is 231 g/mol. The van der Waals surface area contributed by atoms with E-state index in [4.69, 9.17) is 5.11 Å². The molecule has 3 nitrogen and oxygen atoms in total. The van der Waals surface area contributed by atoms with Crippen LogP contribution in [0.1, 0.15) is 11.1 Å². The Balaban J connectivity index is 1.67. The number of aryl methyl sites for hydroxylation is 1. The second kappa shape index (κ2) is 3.84. The van der Waals surface area contributed by atoms with E-state index in [0.29, 0.717) is 12.5 Å². The Bertz CT molecular complexity index is 457. The summed E-state index contributed by atoms with van der Waals surface area (Å²) in [6.07, 6.45) is 0. The minimum atomic E-state index is 0.116. The predicted molar refractivity (Wildman–Crippen MR) is 64.2 cm³/mol. The number of aliphatic hydroxyl groups excluding tert-OH is 1. The number of hydrogen-bond donors (Lipinski definition) is 1. The van der Waals surface area contributed by atoms with Crippen molar-refractivity contribution in [3.05, 3.63) is 35.4 Å². The lowest BCUT2D eigenvalue weighted by molar-refractivity contribution is -0.131. The second-order valence-corrected chi connectivity index (χ2v) is 5.24. The number of benzene rings is 1. The molecule has 0 spiro atoms. The van der Waals surface area contributed by atoms with Crippen LogP contribution in [0.3, 0.4) is 0 Å². The molecule has 3 atom stereocenters. The Morgan fingerprint density at radius 2 is 2.29 bits per heavy atom. The Labute approximate surface area is 101 Å². The summed E-state index contributed by atoms with van der Waals surface area (Å²) in [6, 6.07) is 8.28. The minimum Gasteiger partial charge on any atom is -0.396 e. The van der Waals surface area contributed by atoms with Gasteiger partial charge in [0.2, 0.25) is 5.91 Å². The van der Waals surface area contributed by atoms with Gasteiger partial charge in [0.1, 0.15) is 0 Å². The summed E-state index contributed by atoms with van der Waals surface area (Å²) >= 11 is 0. The van der Waals surface area contributed by atoms with Crippen molar-refractivity contribution in [1.29, 1.82) is 0 Å². The number of aliphatic hydroxyl groups is 1. The van der Waals surface area contributed by atoms with Gasteiger partial charge in [0.15, 0.2) is 0 Å². The van der Waals surface area contributed by atoms with Crippen LogP contribution >= 0.6 is 0 Å². The highest BCUT2D eigenvalue weighted by Gasteiger charge is 2.60. The van der Waals surface area contributed by atoms with Crippen LogP contribution in [0.4, 0.5) is 0 Å². The molecular formula is C14H17NO2. The lowest BCUT2D eigenvalue weighted by atomic mass is 10.1. The van der Waals surface area contributed by atoms with Crippen LogP contribution in [-0.4, -0.2) is 29.1 Å². The van der Waals surface area contributed by atoms with Gasteiger partial charge in [-0.3, -0.25) is 4.79 Å². The molecule has 2 aliphatic rings. The molecule has 17 heavy (non-hydrogen) atoms. The number of amides is 1. The molecule has 1 aromatic rings. The van der Waals surface area contributed by atoms with E-state index in [1.165, 1.54) is 11.1 Å². The Morgan fingerprint density at radius 1 is 1.47 bits per heavy atom. The van der Waals surface area contributed by atoms with Crippen LogP contribution < -0.4 is 0 Å². The zero-order valence-electron chi connectivity index (χ0n) is 9.97. The minimum absolute atomic E-state index is 0.116. The van der Waals surface area contributed by atoms with E-state index in [0.717, 1.165) is 6.54 Å². The van der Waals surface area contributed by atoms with Gasteiger partial charge in [0.05, 0.1) is 0 Å². The van der Waals surface area contributed by atoms with E-state index in [2.05, 4.69) is 25.1 Å². The Kier molecular flexibility index (Phi) is 2.44. The van der Waals surface area contributed by atoms with Crippen molar-refractivity contribution in [2.75, 3.05) is 13.2 Å². The first kappa shape index (κ1) is 10.8. The van der Waals surface area contributed by atoms with E-state index >= 15 is 0 Å². The van der Waals surface area contributed by atoms with Gasteiger partial charge >= 0.3 is 0 Å². The van der Waals surface area contributed by atoms with Crippen LogP contribution in [-0.2, 0) is 11.3 Å². The van der Waals surface area contributed by atoms with Crippen molar-refractivity contribution in [3.63, 3.8) is 0 Å². The molecule has 0 radical (unpaired) electrons. The molecule has 3 unspecified atom stereocenters. The summed E-state index contributed by atoms with van der Waals surface area (Å²) in [6.45, 7) is 3.77. The van der Waals surface area contributed by atoms with Crippen molar-refractivity contribution >= 4 is 5.91 Å². The van der Waals surface area contributed by atoms with Gasteiger partial charge in [-0.05, 0) is 24.3 Å². The number of carbonyl (C=O) groups excluding carboxylic acids is 1. The van der Waals surface area contributed by atoms with Crippen LogP contribution in [0.25, 0.3) is 0 Å². The number of carbonyl (C=O) groups is 1. The van der Waals surface area contributed by atoms with Gasteiger partial charge in [-0.15, -0.1) is 0 Å². The van der Waals surface area contributed by atoms with E-state index in [1.54, 1.807) is 0 Å². The van der Waals surface area contributed by atoms with Crippen LogP contribution in [0.2, 0.25) is 0 Å². The van der Waals surface area contributed by atoms with Crippen molar-refractivity contribution in [2.24, 2.45) is 17.8 Å². The summed E-state index contributed by atoms with van der Waals surface area (Å²) in [5.74, 6) is 1.01. The highest BCUT2D eigenvalue weighted by atomic mass is 16.3. The standard InChI is InChI=1S/C14H17NO2/c1-9-3-2-4-10(5-9)6-15-7-11-12(8-16)13(11)14(15)17/h2-5,11-13,16H,6-8H2,1H3. The summed E-state index contributed by atoms with van der Waals surface area (Å²) in [5.41, 5.74) is 2.42. The molecule has 3 rings (SSSR count). The van der Waals surface area contributed by atoms with Crippen molar-refractivity contribution in [1.82, 2.24) is 4.90 Å². The number of rotatable bonds is 3. The SMILES string of the molecule is Cc1cccc(CN2CC3C(CO)C3C2=O)c1. The molecule has 1 saturated carbocycles. The quantitative estimate of drug-likeness (QED) is 0.849. The third-order valence-corrected chi connectivity index (χ3v) is 4.03. The van der Waals surface area contributed by atoms with Crippen LogP contribution in [0, 0.1) is 24.7 Å². The van der Waals surface area contributed by atoms with Gasteiger partial charge in [-0.2, -0.15) is 0 Å². The molecule has 1 amide bonds. The molecule has 2 fully saturated rings. The fourth-order valence-electron chi connectivity index (χ4n) is 3.04. The lowest BCUT2D eigenvalue weighted by Gasteiger charge is -2.19. The van der Waals surface area contributed by atoms with Crippen molar-refractivity contribution in [2.45, 2.75) is 13.5 Å². The van der Waals surface area contributed by atoms with E-state index < -0.39 is 0 Å². The smallest absolute Gasteiger partial charge is 0.226 e. The highest BCUT2D eigenvalue weighted by Crippen LogP contribution is 2.52. The van der Waals surface area contributed by atoms with Crippen molar-refractivity contribution in [3.8, 4) is 0 Å².